The number of aromatic amines is 1. The zero-order valence-electron chi connectivity index (χ0n) is 20.7. The summed E-state index contributed by atoms with van der Waals surface area (Å²) >= 11 is 0. The van der Waals surface area contributed by atoms with Gasteiger partial charge in [0.2, 0.25) is 0 Å². The molecule has 1 aliphatic rings. The first-order valence-electron chi connectivity index (χ1n) is 12.1. The van der Waals surface area contributed by atoms with Crippen LogP contribution in [0, 0.1) is 19.7 Å². The Hall–Kier alpha value is -3.63. The second-order valence-corrected chi connectivity index (χ2v) is 9.23. The van der Waals surface area contributed by atoms with Gasteiger partial charge in [-0.3, -0.25) is 9.69 Å². The number of tetrazole rings is 1. The van der Waals surface area contributed by atoms with E-state index in [-0.39, 0.29) is 11.4 Å². The molecule has 5 rings (SSSR count). The lowest BCUT2D eigenvalue weighted by Gasteiger charge is -2.39. The Balaban J connectivity index is 1.55. The van der Waals surface area contributed by atoms with E-state index in [1.165, 1.54) is 6.07 Å². The summed E-state index contributed by atoms with van der Waals surface area (Å²) in [6, 6.07) is 12.4. The Kier molecular flexibility index (Phi) is 6.80. The number of hydrogen-bond acceptors (Lipinski definition) is 7. The molecular weight excluding hydrogens is 461 g/mol. The van der Waals surface area contributed by atoms with Gasteiger partial charge in [0.1, 0.15) is 11.9 Å². The van der Waals surface area contributed by atoms with Gasteiger partial charge >= 0.3 is 0 Å². The van der Waals surface area contributed by atoms with E-state index in [0.717, 1.165) is 22.0 Å². The number of nitrogens with one attached hydrogen (secondary N) is 1. The lowest BCUT2D eigenvalue weighted by atomic mass is 9.99. The van der Waals surface area contributed by atoms with E-state index in [1.807, 2.05) is 36.9 Å². The average Bonchev–Trinajstić information content (AvgIpc) is 3.32. The number of methoxy groups -OCH3 is 1. The molecule has 1 atom stereocenters. The van der Waals surface area contributed by atoms with E-state index in [4.69, 9.17) is 4.74 Å². The molecule has 0 bridgehead atoms. The number of rotatable bonds is 7. The molecule has 4 aromatic rings. The van der Waals surface area contributed by atoms with E-state index in [9.17, 15) is 9.18 Å². The molecule has 36 heavy (non-hydrogen) atoms. The Labute approximate surface area is 208 Å². The van der Waals surface area contributed by atoms with Crippen LogP contribution in [0.1, 0.15) is 28.6 Å². The van der Waals surface area contributed by atoms with Crippen LogP contribution in [-0.4, -0.2) is 70.0 Å². The Morgan fingerprint density at radius 2 is 1.89 bits per heavy atom. The highest BCUT2D eigenvalue weighted by Gasteiger charge is 2.33. The van der Waals surface area contributed by atoms with Crippen molar-refractivity contribution in [3.05, 3.63) is 81.2 Å². The quantitative estimate of drug-likeness (QED) is 0.425. The number of anilines is 1. The van der Waals surface area contributed by atoms with E-state index in [0.29, 0.717) is 56.4 Å². The monoisotopic (exact) mass is 491 g/mol. The number of pyridine rings is 1. The molecule has 2 aromatic heterocycles. The van der Waals surface area contributed by atoms with Crippen LogP contribution < -0.4 is 10.5 Å². The molecule has 1 fully saturated rings. The molecule has 188 valence electrons. The highest BCUT2D eigenvalue weighted by molar-refractivity contribution is 5.83. The van der Waals surface area contributed by atoms with Crippen molar-refractivity contribution in [3.8, 4) is 0 Å². The molecule has 0 radical (unpaired) electrons. The van der Waals surface area contributed by atoms with Crippen molar-refractivity contribution in [3.63, 3.8) is 0 Å². The molecule has 1 saturated heterocycles. The molecule has 0 aliphatic carbocycles. The van der Waals surface area contributed by atoms with E-state index >= 15 is 0 Å². The number of H-pyrrole nitrogens is 1. The lowest BCUT2D eigenvalue weighted by Crippen LogP contribution is -2.49. The fourth-order valence-electron chi connectivity index (χ4n) is 5.07. The first kappa shape index (κ1) is 24.1. The molecule has 0 spiro atoms. The zero-order chi connectivity index (χ0) is 25.2. The Morgan fingerprint density at radius 1 is 1.11 bits per heavy atom. The molecule has 10 heteroatoms. The van der Waals surface area contributed by atoms with Gasteiger partial charge in [-0.2, -0.15) is 0 Å². The molecule has 9 nitrogen and oxygen atoms in total. The van der Waals surface area contributed by atoms with Crippen LogP contribution in [0.3, 0.4) is 0 Å². The highest BCUT2D eigenvalue weighted by atomic mass is 19.1. The third-order valence-corrected chi connectivity index (χ3v) is 6.82. The fraction of sp³-hybridized carbons (Fsp3) is 0.385. The number of ether oxygens (including phenoxy) is 1. The first-order chi connectivity index (χ1) is 17.5. The van der Waals surface area contributed by atoms with Crippen molar-refractivity contribution in [2.45, 2.75) is 26.4 Å². The fourth-order valence-corrected chi connectivity index (χ4v) is 5.07. The smallest absolute Gasteiger partial charge is 0.253 e. The molecule has 0 saturated carbocycles. The first-order valence-corrected chi connectivity index (χ1v) is 12.1. The van der Waals surface area contributed by atoms with E-state index in [2.05, 4.69) is 31.5 Å². The largest absolute Gasteiger partial charge is 0.383 e. The Morgan fingerprint density at radius 3 is 2.64 bits per heavy atom. The van der Waals surface area contributed by atoms with Crippen molar-refractivity contribution in [1.29, 1.82) is 0 Å². The van der Waals surface area contributed by atoms with Gasteiger partial charge in [0.05, 0.1) is 18.8 Å². The highest BCUT2D eigenvalue weighted by Crippen LogP contribution is 2.30. The van der Waals surface area contributed by atoms with Crippen LogP contribution in [0.25, 0.3) is 10.9 Å². The number of nitrogens with zero attached hydrogens (tertiary/aromatic N) is 6. The third-order valence-electron chi connectivity index (χ3n) is 6.82. The van der Waals surface area contributed by atoms with Gasteiger partial charge in [0.15, 0.2) is 5.82 Å². The van der Waals surface area contributed by atoms with Gasteiger partial charge < -0.3 is 14.6 Å². The molecule has 1 N–H and O–H groups in total. The molecule has 2 aromatic carbocycles. The summed E-state index contributed by atoms with van der Waals surface area (Å²) in [5.74, 6) is 0.351. The summed E-state index contributed by atoms with van der Waals surface area (Å²) in [5.41, 5.74) is 3.99. The number of aryl methyl sites for hydroxylation is 2. The van der Waals surface area contributed by atoms with Crippen LogP contribution >= 0.6 is 0 Å². The molecular formula is C26H30FN7O2. The Bertz CT molecular complexity index is 1430. The minimum absolute atomic E-state index is 0.171. The molecule has 3 heterocycles. The summed E-state index contributed by atoms with van der Waals surface area (Å²) in [6.07, 6.45) is 0. The summed E-state index contributed by atoms with van der Waals surface area (Å²) in [4.78, 5) is 20.8. The maximum Gasteiger partial charge on any atom is 0.253 e. The summed E-state index contributed by atoms with van der Waals surface area (Å²) in [5, 5.41) is 13.4. The molecule has 1 aliphatic heterocycles. The van der Waals surface area contributed by atoms with Gasteiger partial charge in [0.25, 0.3) is 5.56 Å². The van der Waals surface area contributed by atoms with Crippen LogP contribution in [0.5, 0.6) is 0 Å². The molecule has 0 amide bonds. The van der Waals surface area contributed by atoms with Crippen molar-refractivity contribution < 1.29 is 9.13 Å². The number of fused-ring (bicyclic) bond motifs is 1. The van der Waals surface area contributed by atoms with Crippen LogP contribution in [-0.2, 0) is 11.3 Å². The van der Waals surface area contributed by atoms with Crippen LogP contribution in [0.15, 0.2) is 47.3 Å². The third kappa shape index (κ3) is 4.61. The SMILES string of the molecule is COCCn1nnnc1[C@@H](c1cc2c(C)cc(C)cc2[nH]c1=O)N1CCN(c2ccccc2F)CC1. The number of benzene rings is 2. The number of halogens is 1. The summed E-state index contributed by atoms with van der Waals surface area (Å²) in [7, 11) is 1.63. The summed E-state index contributed by atoms with van der Waals surface area (Å²) < 4.78 is 21.4. The maximum absolute atomic E-state index is 14.4. The zero-order valence-corrected chi connectivity index (χ0v) is 20.7. The van der Waals surface area contributed by atoms with Gasteiger partial charge in [-0.15, -0.1) is 5.10 Å². The van der Waals surface area contributed by atoms with Crippen molar-refractivity contribution in [2.75, 3.05) is 44.8 Å². The maximum atomic E-state index is 14.4. The van der Waals surface area contributed by atoms with Crippen LogP contribution in [0.2, 0.25) is 0 Å². The topological polar surface area (TPSA) is 92.2 Å². The van der Waals surface area contributed by atoms with E-state index in [1.54, 1.807) is 23.9 Å². The minimum Gasteiger partial charge on any atom is -0.383 e. The predicted octanol–water partition coefficient (Wildman–Crippen LogP) is 2.83. The average molecular weight is 492 g/mol. The van der Waals surface area contributed by atoms with Gasteiger partial charge in [0, 0.05) is 49.8 Å². The minimum atomic E-state index is -0.464. The van der Waals surface area contributed by atoms with Crippen molar-refractivity contribution in [1.82, 2.24) is 30.1 Å². The standard InChI is InChI=1S/C26H30FN7O2/c1-17-14-18(2)19-16-20(26(35)28-22(19)15-17)24(25-29-30-31-34(25)12-13-36-3)33-10-8-32(9-11-33)23-7-5-4-6-21(23)27/h4-7,14-16,24H,8-13H2,1-3H3,(H,28,35)/t24-/m1/s1. The molecule has 0 unspecified atom stereocenters. The predicted molar refractivity (Wildman–Crippen MR) is 136 cm³/mol. The van der Waals surface area contributed by atoms with Crippen molar-refractivity contribution in [2.24, 2.45) is 0 Å². The van der Waals surface area contributed by atoms with Gasteiger partial charge in [-0.05, 0) is 59.7 Å². The second-order valence-electron chi connectivity index (χ2n) is 9.23. The second kappa shape index (κ2) is 10.2. The lowest BCUT2D eigenvalue weighted by molar-refractivity contribution is 0.171. The van der Waals surface area contributed by atoms with Crippen molar-refractivity contribution >= 4 is 16.6 Å². The number of piperazine rings is 1. The van der Waals surface area contributed by atoms with Gasteiger partial charge in [-0.25, -0.2) is 9.07 Å². The number of hydrogen-bond donors (Lipinski definition) is 1. The summed E-state index contributed by atoms with van der Waals surface area (Å²) in [6.45, 7) is 7.41. The van der Waals surface area contributed by atoms with Crippen LogP contribution in [0.4, 0.5) is 10.1 Å². The van der Waals surface area contributed by atoms with E-state index < -0.39 is 6.04 Å². The normalized spacial score (nSPS) is 15.5. The number of aromatic nitrogens is 5. The number of para-hydroxylation sites is 1. The van der Waals surface area contributed by atoms with Gasteiger partial charge in [-0.1, -0.05) is 18.2 Å².